The summed E-state index contributed by atoms with van der Waals surface area (Å²) in [6.07, 6.45) is -0.0429. The number of halogens is 1. The molecule has 0 aliphatic carbocycles. The Labute approximate surface area is 131 Å². The van der Waals surface area contributed by atoms with Crippen LogP contribution in [0.25, 0.3) is 0 Å². The van der Waals surface area contributed by atoms with Crippen molar-refractivity contribution in [2.75, 3.05) is 31.3 Å². The summed E-state index contributed by atoms with van der Waals surface area (Å²) >= 11 is 1.08. The van der Waals surface area contributed by atoms with Crippen molar-refractivity contribution in [1.29, 1.82) is 0 Å². The Bertz CT molecular complexity index is 714. The Morgan fingerprint density at radius 2 is 2.14 bits per heavy atom. The summed E-state index contributed by atoms with van der Waals surface area (Å²) in [7, 11) is -1.39. The van der Waals surface area contributed by atoms with Crippen LogP contribution in [0.5, 0.6) is 0 Å². The second kappa shape index (κ2) is 5.92. The third kappa shape index (κ3) is 3.61. The Morgan fingerprint density at radius 3 is 2.68 bits per heavy atom. The molecule has 1 aromatic rings. The molecular formula is C12H16FN3O4S2. The van der Waals surface area contributed by atoms with Crippen LogP contribution in [-0.4, -0.2) is 56.5 Å². The lowest BCUT2D eigenvalue weighted by atomic mass is 10.1. The maximum atomic E-state index is 12.7. The lowest BCUT2D eigenvalue weighted by molar-refractivity contribution is -0.117. The molecular weight excluding hydrogens is 333 g/mol. The van der Waals surface area contributed by atoms with Crippen LogP contribution in [0.3, 0.4) is 0 Å². The molecule has 1 aliphatic heterocycles. The van der Waals surface area contributed by atoms with Crippen molar-refractivity contribution in [3.8, 4) is 0 Å². The SMILES string of the molecule is Cc1nc(N2CC(CS(=O)(=O)F)CC2=O)sc1C(=O)N(C)C. The quantitative estimate of drug-likeness (QED) is 0.751. The summed E-state index contributed by atoms with van der Waals surface area (Å²) in [5.41, 5.74) is 0.507. The molecule has 1 fully saturated rings. The largest absolute Gasteiger partial charge is 0.344 e. The van der Waals surface area contributed by atoms with Gasteiger partial charge in [-0.05, 0) is 6.92 Å². The zero-order chi connectivity index (χ0) is 16.7. The summed E-state index contributed by atoms with van der Waals surface area (Å²) in [5.74, 6) is -1.80. The zero-order valence-corrected chi connectivity index (χ0v) is 14.0. The van der Waals surface area contributed by atoms with Crippen molar-refractivity contribution in [3.05, 3.63) is 10.6 Å². The highest BCUT2D eigenvalue weighted by Gasteiger charge is 2.35. The molecule has 0 saturated carbocycles. The summed E-state index contributed by atoms with van der Waals surface area (Å²) in [6.45, 7) is 1.76. The molecule has 0 radical (unpaired) electrons. The summed E-state index contributed by atoms with van der Waals surface area (Å²) < 4.78 is 34.1. The van der Waals surface area contributed by atoms with Crippen LogP contribution in [0, 0.1) is 12.8 Å². The molecule has 0 aromatic carbocycles. The third-order valence-corrected chi connectivity index (χ3v) is 5.29. The highest BCUT2D eigenvalue weighted by Crippen LogP contribution is 2.32. The number of hydrogen-bond acceptors (Lipinski definition) is 6. The van der Waals surface area contributed by atoms with E-state index in [1.165, 1.54) is 9.80 Å². The van der Waals surface area contributed by atoms with Gasteiger partial charge in [0, 0.05) is 33.0 Å². The molecule has 10 heteroatoms. The van der Waals surface area contributed by atoms with Gasteiger partial charge in [0.25, 0.3) is 5.91 Å². The molecule has 1 unspecified atom stereocenters. The number of rotatable bonds is 4. The van der Waals surface area contributed by atoms with E-state index in [0.29, 0.717) is 15.7 Å². The van der Waals surface area contributed by atoms with Gasteiger partial charge in [-0.15, -0.1) is 3.89 Å². The Hall–Kier alpha value is -1.55. The van der Waals surface area contributed by atoms with E-state index in [2.05, 4.69) is 4.98 Å². The Balaban J connectivity index is 2.21. The number of nitrogens with zero attached hydrogens (tertiary/aromatic N) is 3. The van der Waals surface area contributed by atoms with Gasteiger partial charge in [-0.1, -0.05) is 11.3 Å². The van der Waals surface area contributed by atoms with Crippen molar-refractivity contribution in [1.82, 2.24) is 9.88 Å². The van der Waals surface area contributed by atoms with Crippen LogP contribution in [-0.2, 0) is 15.0 Å². The van der Waals surface area contributed by atoms with Crippen LogP contribution in [0.1, 0.15) is 21.8 Å². The van der Waals surface area contributed by atoms with Crippen molar-refractivity contribution >= 4 is 38.5 Å². The molecule has 2 heterocycles. The van der Waals surface area contributed by atoms with Gasteiger partial charge in [-0.25, -0.2) is 4.98 Å². The molecule has 22 heavy (non-hydrogen) atoms. The molecule has 1 aromatic heterocycles. The van der Waals surface area contributed by atoms with Crippen molar-refractivity contribution < 1.29 is 21.9 Å². The minimum absolute atomic E-state index is 0.0429. The van der Waals surface area contributed by atoms with Gasteiger partial charge in [-0.3, -0.25) is 14.5 Å². The monoisotopic (exact) mass is 349 g/mol. The van der Waals surface area contributed by atoms with E-state index in [4.69, 9.17) is 0 Å². The third-order valence-electron chi connectivity index (χ3n) is 3.26. The average Bonchev–Trinajstić information content (AvgIpc) is 2.89. The number of amides is 2. The van der Waals surface area contributed by atoms with Crippen LogP contribution >= 0.6 is 11.3 Å². The first-order valence-electron chi connectivity index (χ1n) is 6.50. The molecule has 122 valence electrons. The van der Waals surface area contributed by atoms with E-state index in [-0.39, 0.29) is 24.8 Å². The predicted molar refractivity (Wildman–Crippen MR) is 80.2 cm³/mol. The summed E-state index contributed by atoms with van der Waals surface area (Å²) in [5, 5.41) is 0.339. The van der Waals surface area contributed by atoms with Crippen LogP contribution in [0.4, 0.5) is 9.02 Å². The van der Waals surface area contributed by atoms with E-state index in [1.54, 1.807) is 21.0 Å². The number of hydrogen-bond donors (Lipinski definition) is 0. The first-order valence-corrected chi connectivity index (χ1v) is 8.87. The van der Waals surface area contributed by atoms with E-state index >= 15 is 0 Å². The standard InChI is InChI=1S/C12H16FN3O4S2/c1-7-10(11(18)15(2)3)21-12(14-7)16-5-8(4-9(16)17)6-22(13,19)20/h8H,4-6H2,1-3H3. The van der Waals surface area contributed by atoms with Gasteiger partial charge >= 0.3 is 10.2 Å². The number of aryl methyl sites for hydroxylation is 1. The summed E-state index contributed by atoms with van der Waals surface area (Å²) in [6, 6.07) is 0. The highest BCUT2D eigenvalue weighted by molar-refractivity contribution is 7.86. The molecule has 2 amide bonds. The second-order valence-corrected chi connectivity index (χ2v) is 7.78. The van der Waals surface area contributed by atoms with E-state index in [0.717, 1.165) is 11.3 Å². The number of anilines is 1. The highest BCUT2D eigenvalue weighted by atomic mass is 32.3. The average molecular weight is 349 g/mol. The molecule has 0 bridgehead atoms. The lowest BCUT2D eigenvalue weighted by Crippen LogP contribution is -2.25. The fraction of sp³-hybridized carbons (Fsp3) is 0.583. The van der Waals surface area contributed by atoms with Crippen molar-refractivity contribution in [3.63, 3.8) is 0 Å². The molecule has 0 N–H and O–H groups in total. The second-order valence-electron chi connectivity index (χ2n) is 5.39. The Morgan fingerprint density at radius 1 is 1.50 bits per heavy atom. The number of aromatic nitrogens is 1. The fourth-order valence-electron chi connectivity index (χ4n) is 2.26. The molecule has 0 spiro atoms. The summed E-state index contributed by atoms with van der Waals surface area (Å²) in [4.78, 5) is 31.3. The van der Waals surface area contributed by atoms with E-state index in [1.807, 2.05) is 0 Å². The maximum Gasteiger partial charge on any atom is 0.302 e. The van der Waals surface area contributed by atoms with Gasteiger partial charge in [0.15, 0.2) is 5.13 Å². The normalized spacial score (nSPS) is 18.8. The number of carbonyl (C=O) groups excluding carboxylic acids is 2. The van der Waals surface area contributed by atoms with Gasteiger partial charge in [0.1, 0.15) is 4.88 Å². The van der Waals surface area contributed by atoms with E-state index < -0.39 is 21.9 Å². The predicted octanol–water partition coefficient (Wildman–Crippen LogP) is 0.806. The smallest absolute Gasteiger partial charge is 0.302 e. The minimum atomic E-state index is -4.62. The van der Waals surface area contributed by atoms with Crippen molar-refractivity contribution in [2.45, 2.75) is 13.3 Å². The topological polar surface area (TPSA) is 87.6 Å². The molecule has 1 saturated heterocycles. The number of thiazole rings is 1. The van der Waals surface area contributed by atoms with Gasteiger partial charge < -0.3 is 4.90 Å². The molecule has 2 rings (SSSR count). The van der Waals surface area contributed by atoms with Gasteiger partial charge in [0.05, 0.1) is 11.4 Å². The first kappa shape index (κ1) is 16.8. The lowest BCUT2D eigenvalue weighted by Gasteiger charge is -2.12. The van der Waals surface area contributed by atoms with Gasteiger partial charge in [0.2, 0.25) is 5.91 Å². The van der Waals surface area contributed by atoms with E-state index in [9.17, 15) is 21.9 Å². The minimum Gasteiger partial charge on any atom is -0.344 e. The van der Waals surface area contributed by atoms with Gasteiger partial charge in [-0.2, -0.15) is 8.42 Å². The van der Waals surface area contributed by atoms with Crippen LogP contribution < -0.4 is 4.90 Å². The molecule has 1 atom stereocenters. The Kier molecular flexibility index (Phi) is 4.52. The molecule has 7 nitrogen and oxygen atoms in total. The first-order chi connectivity index (χ1) is 10.1. The zero-order valence-electron chi connectivity index (χ0n) is 12.4. The van der Waals surface area contributed by atoms with Crippen molar-refractivity contribution in [2.24, 2.45) is 5.92 Å². The van der Waals surface area contributed by atoms with Crippen LogP contribution in [0.15, 0.2) is 0 Å². The molecule has 1 aliphatic rings. The number of carbonyl (C=O) groups is 2. The van der Waals surface area contributed by atoms with Crippen LogP contribution in [0.2, 0.25) is 0 Å². The fourth-order valence-corrected chi connectivity index (χ4v) is 4.16. The maximum absolute atomic E-state index is 12.7.